The zero-order valence-electron chi connectivity index (χ0n) is 20.5. The molecule has 0 aliphatic rings. The number of allylic oxidation sites excluding steroid dienone is 1. The van der Waals surface area contributed by atoms with E-state index in [1.54, 1.807) is 0 Å². The van der Waals surface area contributed by atoms with Gasteiger partial charge < -0.3 is 9.84 Å². The molecule has 1 unspecified atom stereocenters. The smallest absolute Gasteiger partial charge is 0.306 e. The number of esters is 1. The summed E-state index contributed by atoms with van der Waals surface area (Å²) >= 11 is 0. The van der Waals surface area contributed by atoms with E-state index in [1.165, 1.54) is 64.2 Å². The average molecular weight is 439 g/mol. The fourth-order valence-electron chi connectivity index (χ4n) is 3.74. The molecule has 0 spiro atoms. The molecule has 1 N–H and O–H groups in total. The van der Waals surface area contributed by atoms with E-state index in [1.807, 2.05) is 0 Å². The third kappa shape index (κ3) is 23.2. The summed E-state index contributed by atoms with van der Waals surface area (Å²) in [4.78, 5) is 22.8. The summed E-state index contributed by atoms with van der Waals surface area (Å²) in [7, 11) is 0. The summed E-state index contributed by atoms with van der Waals surface area (Å²) in [6.07, 6.45) is 25.2. The molecule has 0 fully saturated rings. The van der Waals surface area contributed by atoms with Gasteiger partial charge >= 0.3 is 11.9 Å². The van der Waals surface area contributed by atoms with Gasteiger partial charge in [0.25, 0.3) is 0 Å². The SMILES string of the molecule is CCCCCCCCC/C=C\C(CCCCCCC(=O)O)OC(=O)CCCCCCC. The second-order valence-electron chi connectivity index (χ2n) is 8.88. The molecule has 0 aromatic heterocycles. The van der Waals surface area contributed by atoms with Gasteiger partial charge in [-0.25, -0.2) is 0 Å². The number of carbonyl (C=O) groups excluding carboxylic acids is 1. The highest BCUT2D eigenvalue weighted by Crippen LogP contribution is 2.14. The molecule has 0 aromatic rings. The van der Waals surface area contributed by atoms with Crippen LogP contribution in [0.1, 0.15) is 142 Å². The summed E-state index contributed by atoms with van der Waals surface area (Å²) in [6.45, 7) is 4.44. The number of unbranched alkanes of at least 4 members (excludes halogenated alkanes) is 14. The molecule has 31 heavy (non-hydrogen) atoms. The third-order valence-electron chi connectivity index (χ3n) is 5.72. The molecule has 4 heteroatoms. The topological polar surface area (TPSA) is 63.6 Å². The molecule has 0 radical (unpaired) electrons. The number of aliphatic carboxylic acids is 1. The van der Waals surface area contributed by atoms with Crippen LogP contribution in [0, 0.1) is 0 Å². The van der Waals surface area contributed by atoms with Crippen LogP contribution in [0.25, 0.3) is 0 Å². The van der Waals surface area contributed by atoms with E-state index in [0.717, 1.165) is 51.4 Å². The van der Waals surface area contributed by atoms with Gasteiger partial charge in [0, 0.05) is 12.8 Å². The van der Waals surface area contributed by atoms with Crippen molar-refractivity contribution in [2.24, 2.45) is 0 Å². The van der Waals surface area contributed by atoms with Crippen LogP contribution in [0.3, 0.4) is 0 Å². The van der Waals surface area contributed by atoms with Gasteiger partial charge in [0.1, 0.15) is 6.10 Å². The Hall–Kier alpha value is -1.32. The summed E-state index contributed by atoms with van der Waals surface area (Å²) < 4.78 is 5.75. The Kier molecular flexibility index (Phi) is 22.4. The first-order valence-electron chi connectivity index (χ1n) is 13.2. The number of hydrogen-bond donors (Lipinski definition) is 1. The quantitative estimate of drug-likeness (QED) is 0.0988. The zero-order chi connectivity index (χ0) is 23.0. The van der Waals surface area contributed by atoms with Crippen LogP contribution in [0.2, 0.25) is 0 Å². The fourth-order valence-corrected chi connectivity index (χ4v) is 3.74. The minimum absolute atomic E-state index is 0.0760. The zero-order valence-corrected chi connectivity index (χ0v) is 20.5. The lowest BCUT2D eigenvalue weighted by Gasteiger charge is -2.15. The van der Waals surface area contributed by atoms with Crippen molar-refractivity contribution in [3.63, 3.8) is 0 Å². The van der Waals surface area contributed by atoms with E-state index in [4.69, 9.17) is 9.84 Å². The number of carboxylic acid groups (broad SMARTS) is 1. The lowest BCUT2D eigenvalue weighted by Crippen LogP contribution is -2.16. The highest BCUT2D eigenvalue weighted by molar-refractivity contribution is 5.69. The molecule has 182 valence electrons. The maximum Gasteiger partial charge on any atom is 0.306 e. The van der Waals surface area contributed by atoms with Gasteiger partial charge in [-0.2, -0.15) is 0 Å². The van der Waals surface area contributed by atoms with Gasteiger partial charge in [0.15, 0.2) is 0 Å². The summed E-state index contributed by atoms with van der Waals surface area (Å²) in [5.74, 6) is -0.799. The molecule has 0 saturated carbocycles. The number of ether oxygens (including phenoxy) is 1. The van der Waals surface area contributed by atoms with Gasteiger partial charge in [-0.15, -0.1) is 0 Å². The largest absolute Gasteiger partial charge is 0.481 e. The summed E-state index contributed by atoms with van der Waals surface area (Å²) in [6, 6.07) is 0. The predicted octanol–water partition coefficient (Wildman–Crippen LogP) is 8.38. The number of rotatable bonds is 23. The summed E-state index contributed by atoms with van der Waals surface area (Å²) in [5.41, 5.74) is 0. The molecule has 0 rings (SSSR count). The van der Waals surface area contributed by atoms with E-state index < -0.39 is 5.97 Å². The minimum atomic E-state index is -0.723. The van der Waals surface area contributed by atoms with Gasteiger partial charge in [-0.1, -0.05) is 97.0 Å². The Labute approximate surface area is 192 Å². The van der Waals surface area contributed by atoms with Gasteiger partial charge in [-0.3, -0.25) is 9.59 Å². The Balaban J connectivity index is 4.16. The highest BCUT2D eigenvalue weighted by atomic mass is 16.5. The molecular weight excluding hydrogens is 388 g/mol. The molecule has 0 amide bonds. The van der Waals surface area contributed by atoms with Crippen LogP contribution in [-0.4, -0.2) is 23.1 Å². The minimum Gasteiger partial charge on any atom is -0.481 e. The molecule has 1 atom stereocenters. The van der Waals surface area contributed by atoms with Gasteiger partial charge in [0.05, 0.1) is 0 Å². The van der Waals surface area contributed by atoms with Crippen LogP contribution in [0.5, 0.6) is 0 Å². The Morgan fingerprint density at radius 3 is 1.84 bits per heavy atom. The lowest BCUT2D eigenvalue weighted by molar-refractivity contribution is -0.147. The number of hydrogen-bond acceptors (Lipinski definition) is 3. The van der Waals surface area contributed by atoms with Gasteiger partial charge in [0.2, 0.25) is 0 Å². The van der Waals surface area contributed by atoms with E-state index in [2.05, 4.69) is 26.0 Å². The number of carboxylic acids is 1. The Morgan fingerprint density at radius 1 is 0.710 bits per heavy atom. The van der Waals surface area contributed by atoms with Crippen LogP contribution in [-0.2, 0) is 14.3 Å². The van der Waals surface area contributed by atoms with E-state index in [9.17, 15) is 9.59 Å². The standard InChI is InChI=1S/C27H50O4/c1-3-5-7-9-10-11-12-14-17-21-25(22-18-15-16-19-23-26(28)29)31-27(30)24-20-13-8-6-4-2/h17,21,25H,3-16,18-20,22-24H2,1-2H3,(H,28,29)/b21-17-. The van der Waals surface area contributed by atoms with Crippen LogP contribution in [0.15, 0.2) is 12.2 Å². The van der Waals surface area contributed by atoms with E-state index >= 15 is 0 Å². The van der Waals surface area contributed by atoms with E-state index in [0.29, 0.717) is 6.42 Å². The van der Waals surface area contributed by atoms with Crippen molar-refractivity contribution in [3.8, 4) is 0 Å². The molecule has 0 bridgehead atoms. The second-order valence-corrected chi connectivity index (χ2v) is 8.88. The van der Waals surface area contributed by atoms with Crippen molar-refractivity contribution in [2.75, 3.05) is 0 Å². The first kappa shape index (κ1) is 29.7. The van der Waals surface area contributed by atoms with E-state index in [-0.39, 0.29) is 18.5 Å². The lowest BCUT2D eigenvalue weighted by atomic mass is 10.1. The molecule has 0 aliphatic carbocycles. The molecule has 0 saturated heterocycles. The van der Waals surface area contributed by atoms with Crippen molar-refractivity contribution in [2.45, 2.75) is 148 Å². The molecule has 0 aromatic carbocycles. The normalized spacial score (nSPS) is 12.3. The van der Waals surface area contributed by atoms with Crippen molar-refractivity contribution in [3.05, 3.63) is 12.2 Å². The van der Waals surface area contributed by atoms with Crippen LogP contribution >= 0.6 is 0 Å². The van der Waals surface area contributed by atoms with Crippen molar-refractivity contribution in [1.29, 1.82) is 0 Å². The molecule has 0 aliphatic heterocycles. The van der Waals surface area contributed by atoms with Crippen LogP contribution < -0.4 is 0 Å². The monoisotopic (exact) mass is 438 g/mol. The first-order chi connectivity index (χ1) is 15.1. The highest BCUT2D eigenvalue weighted by Gasteiger charge is 2.11. The fraction of sp³-hybridized carbons (Fsp3) is 0.852. The molecular formula is C27H50O4. The maximum atomic E-state index is 12.2. The summed E-state index contributed by atoms with van der Waals surface area (Å²) in [5, 5.41) is 8.72. The van der Waals surface area contributed by atoms with Crippen molar-refractivity contribution >= 4 is 11.9 Å². The number of carbonyl (C=O) groups is 2. The van der Waals surface area contributed by atoms with Crippen molar-refractivity contribution in [1.82, 2.24) is 0 Å². The maximum absolute atomic E-state index is 12.2. The Morgan fingerprint density at radius 2 is 1.23 bits per heavy atom. The van der Waals surface area contributed by atoms with Gasteiger partial charge in [-0.05, 0) is 44.6 Å². The Bertz CT molecular complexity index is 445. The van der Waals surface area contributed by atoms with Crippen molar-refractivity contribution < 1.29 is 19.4 Å². The average Bonchev–Trinajstić information content (AvgIpc) is 2.74. The third-order valence-corrected chi connectivity index (χ3v) is 5.72. The van der Waals surface area contributed by atoms with Crippen LogP contribution in [0.4, 0.5) is 0 Å². The predicted molar refractivity (Wildman–Crippen MR) is 130 cm³/mol. The first-order valence-corrected chi connectivity index (χ1v) is 13.2. The molecule has 0 heterocycles. The molecule has 4 nitrogen and oxygen atoms in total. The second kappa shape index (κ2) is 23.3.